The third-order valence-electron chi connectivity index (χ3n) is 4.81. The van der Waals surface area contributed by atoms with Crippen LogP contribution in [0.25, 0.3) is 16.2 Å². The number of amides is 1. The van der Waals surface area contributed by atoms with E-state index in [0.29, 0.717) is 0 Å². The highest BCUT2D eigenvalue weighted by Crippen LogP contribution is 2.27. The molecule has 31 heavy (non-hydrogen) atoms. The Morgan fingerprint density at radius 3 is 3.00 bits per heavy atom. The number of rotatable bonds is 9. The maximum atomic E-state index is 12.8. The molecule has 0 bridgehead atoms. The molecule has 1 atom stereocenters. The lowest BCUT2D eigenvalue weighted by Crippen LogP contribution is -2.31. The van der Waals surface area contributed by atoms with Crippen LogP contribution in [0.1, 0.15) is 24.0 Å². The Morgan fingerprint density at radius 2 is 2.16 bits per heavy atom. The van der Waals surface area contributed by atoms with Crippen molar-refractivity contribution in [3.63, 3.8) is 0 Å². The number of methoxy groups -OCH3 is 1. The summed E-state index contributed by atoms with van der Waals surface area (Å²) in [4.78, 5) is 17.5. The van der Waals surface area contributed by atoms with Crippen LogP contribution in [0.3, 0.4) is 0 Å². The fraction of sp³-hybridized carbons (Fsp3) is 0.273. The molecule has 4 aromatic rings. The second-order valence-electron chi connectivity index (χ2n) is 6.94. The quantitative estimate of drug-likeness (QED) is 0.412. The minimum Gasteiger partial charge on any atom is -0.497 e. The van der Waals surface area contributed by atoms with E-state index in [1.54, 1.807) is 18.9 Å². The number of nitrogens with zero attached hydrogens (tertiary/aromatic N) is 4. The van der Waals surface area contributed by atoms with Crippen molar-refractivity contribution >= 4 is 34.7 Å². The van der Waals surface area contributed by atoms with Crippen LogP contribution in [-0.2, 0) is 11.2 Å². The number of nitrogens with one attached hydrogen (secondary N) is 1. The lowest BCUT2D eigenvalue weighted by Gasteiger charge is -2.16. The first-order valence-corrected chi connectivity index (χ1v) is 12.1. The highest BCUT2D eigenvalue weighted by atomic mass is 32.2. The molecule has 4 rings (SSSR count). The Morgan fingerprint density at radius 1 is 1.26 bits per heavy atom. The van der Waals surface area contributed by atoms with Crippen molar-refractivity contribution < 1.29 is 9.53 Å². The lowest BCUT2D eigenvalue weighted by molar-refractivity contribution is -0.121. The van der Waals surface area contributed by atoms with Crippen LogP contribution in [0.5, 0.6) is 5.75 Å². The maximum Gasteiger partial charge on any atom is 0.226 e. The van der Waals surface area contributed by atoms with Gasteiger partial charge in [0.05, 0.1) is 25.3 Å². The van der Waals surface area contributed by atoms with Gasteiger partial charge in [0, 0.05) is 17.1 Å². The first-order valence-electron chi connectivity index (χ1n) is 9.84. The van der Waals surface area contributed by atoms with Crippen molar-refractivity contribution in [3.8, 4) is 16.3 Å². The average molecular weight is 454 g/mol. The molecule has 0 saturated heterocycles. The minimum atomic E-state index is -0.214. The number of aromatic nitrogens is 4. The maximum absolute atomic E-state index is 12.8. The summed E-state index contributed by atoms with van der Waals surface area (Å²) in [5, 5.41) is 14.5. The predicted octanol–water partition coefficient (Wildman–Crippen LogP) is 4.01. The average Bonchev–Trinajstić information content (AvgIpc) is 3.44. The number of hydrogen-bond acceptors (Lipinski definition) is 7. The Hall–Kier alpha value is -2.91. The number of thiazole rings is 1. The smallest absolute Gasteiger partial charge is 0.226 e. The Kier molecular flexibility index (Phi) is 6.83. The predicted molar refractivity (Wildman–Crippen MR) is 125 cm³/mol. The van der Waals surface area contributed by atoms with Gasteiger partial charge in [0.25, 0.3) is 0 Å². The summed E-state index contributed by atoms with van der Waals surface area (Å²) >= 11 is 3.26. The van der Waals surface area contributed by atoms with Gasteiger partial charge in [0.15, 0.2) is 11.5 Å². The van der Waals surface area contributed by atoms with Gasteiger partial charge in [-0.3, -0.25) is 9.20 Å². The van der Waals surface area contributed by atoms with Crippen LogP contribution in [0.2, 0.25) is 0 Å². The minimum absolute atomic E-state index is 0.0822. The number of carbonyl (C=O) groups excluding carboxylic acids is 1. The number of pyridine rings is 1. The van der Waals surface area contributed by atoms with Crippen LogP contribution >= 0.6 is 23.1 Å². The molecule has 7 nitrogen and oxygen atoms in total. The second kappa shape index (κ2) is 9.93. The van der Waals surface area contributed by atoms with Gasteiger partial charge in [0.1, 0.15) is 10.8 Å². The topological polar surface area (TPSA) is 81.4 Å². The largest absolute Gasteiger partial charge is 0.497 e. The van der Waals surface area contributed by atoms with E-state index < -0.39 is 0 Å². The van der Waals surface area contributed by atoms with E-state index in [1.807, 2.05) is 58.4 Å². The third-order valence-corrected chi connectivity index (χ3v) is 6.39. The molecule has 3 heterocycles. The first-order chi connectivity index (χ1) is 15.2. The van der Waals surface area contributed by atoms with Crippen LogP contribution in [0.15, 0.2) is 54.0 Å². The third kappa shape index (κ3) is 5.05. The van der Waals surface area contributed by atoms with E-state index >= 15 is 0 Å². The molecular formula is C22H23N5O2S2. The van der Waals surface area contributed by atoms with Gasteiger partial charge in [-0.2, -0.15) is 11.8 Å². The van der Waals surface area contributed by atoms with E-state index in [0.717, 1.165) is 45.7 Å². The highest BCUT2D eigenvalue weighted by molar-refractivity contribution is 7.98. The normalized spacial score (nSPS) is 12.1. The van der Waals surface area contributed by atoms with E-state index in [-0.39, 0.29) is 18.4 Å². The summed E-state index contributed by atoms with van der Waals surface area (Å²) in [6, 6.07) is 13.3. The highest BCUT2D eigenvalue weighted by Gasteiger charge is 2.21. The molecule has 0 aliphatic carbocycles. The molecular weight excluding hydrogens is 430 g/mol. The number of thioether (sulfide) groups is 1. The zero-order valence-electron chi connectivity index (χ0n) is 17.3. The molecule has 1 amide bonds. The summed E-state index contributed by atoms with van der Waals surface area (Å²) in [5.41, 5.74) is 2.49. The SMILES string of the molecule is COc1cccc(-c2nc(CC(=O)NC(CCSC)c3nnc4ccccn34)cs2)c1. The van der Waals surface area contributed by atoms with E-state index in [2.05, 4.69) is 26.8 Å². The summed E-state index contributed by atoms with van der Waals surface area (Å²) < 4.78 is 7.21. The molecule has 0 aliphatic rings. The standard InChI is InChI=1S/C22H23N5O2S2/c1-29-17-7-5-6-15(12-17)22-23-16(14-31-22)13-20(28)24-18(9-11-30-2)21-26-25-19-8-3-4-10-27(19)21/h3-8,10,12,14,18H,9,11,13H2,1-2H3,(H,24,28). The molecule has 1 N–H and O–H groups in total. The molecule has 0 saturated carbocycles. The molecule has 9 heteroatoms. The summed E-state index contributed by atoms with van der Waals surface area (Å²) in [5.74, 6) is 2.35. The molecule has 3 aromatic heterocycles. The van der Waals surface area contributed by atoms with Crippen LogP contribution in [0.4, 0.5) is 0 Å². The van der Waals surface area contributed by atoms with E-state index in [1.165, 1.54) is 11.3 Å². The van der Waals surface area contributed by atoms with Gasteiger partial charge in [-0.15, -0.1) is 21.5 Å². The Labute approximate surface area is 188 Å². The van der Waals surface area contributed by atoms with Gasteiger partial charge in [-0.1, -0.05) is 18.2 Å². The monoisotopic (exact) mass is 453 g/mol. The summed E-state index contributed by atoms with van der Waals surface area (Å²) in [6.45, 7) is 0. The van der Waals surface area contributed by atoms with E-state index in [4.69, 9.17) is 4.74 Å². The van der Waals surface area contributed by atoms with E-state index in [9.17, 15) is 4.79 Å². The molecule has 0 aliphatic heterocycles. The van der Waals surface area contributed by atoms with Gasteiger partial charge in [0.2, 0.25) is 5.91 Å². The van der Waals surface area contributed by atoms with Gasteiger partial charge < -0.3 is 10.1 Å². The lowest BCUT2D eigenvalue weighted by atomic mass is 10.2. The van der Waals surface area contributed by atoms with Crippen molar-refractivity contribution in [2.24, 2.45) is 0 Å². The fourth-order valence-corrected chi connectivity index (χ4v) is 4.57. The number of benzene rings is 1. The fourth-order valence-electron chi connectivity index (χ4n) is 3.29. The molecule has 1 aromatic carbocycles. The summed E-state index contributed by atoms with van der Waals surface area (Å²) in [7, 11) is 1.64. The molecule has 1 unspecified atom stereocenters. The number of fused-ring (bicyclic) bond motifs is 1. The molecule has 0 radical (unpaired) electrons. The van der Waals surface area contributed by atoms with Crippen LogP contribution in [0, 0.1) is 0 Å². The molecule has 160 valence electrons. The molecule has 0 spiro atoms. The zero-order valence-corrected chi connectivity index (χ0v) is 18.9. The zero-order chi connectivity index (χ0) is 21.6. The second-order valence-corrected chi connectivity index (χ2v) is 8.79. The van der Waals surface area contributed by atoms with Crippen molar-refractivity contribution in [1.29, 1.82) is 0 Å². The van der Waals surface area contributed by atoms with Crippen molar-refractivity contribution in [2.75, 3.05) is 19.1 Å². The first kappa shape index (κ1) is 21.3. The van der Waals surface area contributed by atoms with Crippen molar-refractivity contribution in [3.05, 3.63) is 65.6 Å². The number of hydrogen-bond donors (Lipinski definition) is 1. The molecule has 0 fully saturated rings. The van der Waals surface area contributed by atoms with Crippen molar-refractivity contribution in [1.82, 2.24) is 24.9 Å². The van der Waals surface area contributed by atoms with Crippen LogP contribution < -0.4 is 10.1 Å². The number of ether oxygens (including phenoxy) is 1. The van der Waals surface area contributed by atoms with Gasteiger partial charge >= 0.3 is 0 Å². The van der Waals surface area contributed by atoms with Gasteiger partial charge in [-0.05, 0) is 42.7 Å². The summed E-state index contributed by atoms with van der Waals surface area (Å²) in [6.07, 6.45) is 4.96. The Balaban J connectivity index is 1.47. The Bertz CT molecular complexity index is 1170. The van der Waals surface area contributed by atoms with Crippen LogP contribution in [-0.4, -0.2) is 44.6 Å². The van der Waals surface area contributed by atoms with Gasteiger partial charge in [-0.25, -0.2) is 4.98 Å². The van der Waals surface area contributed by atoms with Crippen molar-refractivity contribution in [2.45, 2.75) is 18.9 Å². The number of carbonyl (C=O) groups is 1.